The van der Waals surface area contributed by atoms with Gasteiger partial charge in [0.2, 0.25) is 0 Å². The normalized spacial score (nSPS) is 16.6. The lowest BCUT2D eigenvalue weighted by Gasteiger charge is -2.31. The predicted molar refractivity (Wildman–Crippen MR) is 113 cm³/mol. The first kappa shape index (κ1) is 21.1. The molecule has 28 heavy (non-hydrogen) atoms. The lowest BCUT2D eigenvalue weighted by molar-refractivity contribution is 0.0853. The molecule has 1 aliphatic rings. The first-order valence-electron chi connectivity index (χ1n) is 10.9. The molecule has 0 radical (unpaired) electrons. The molecule has 154 valence electrons. The number of aliphatic hydroxyl groups is 1. The monoisotopic (exact) mass is 386 g/mol. The van der Waals surface area contributed by atoms with Crippen LogP contribution in [0.25, 0.3) is 0 Å². The van der Waals surface area contributed by atoms with Crippen LogP contribution in [0.2, 0.25) is 0 Å². The highest BCUT2D eigenvalue weighted by atomic mass is 19.1. The van der Waals surface area contributed by atoms with Crippen LogP contribution in [-0.4, -0.2) is 33.8 Å². The molecule has 4 heteroatoms. The van der Waals surface area contributed by atoms with E-state index in [1.807, 2.05) is 24.4 Å². The van der Waals surface area contributed by atoms with E-state index in [4.69, 9.17) is 0 Å². The van der Waals surface area contributed by atoms with Crippen LogP contribution in [0, 0.1) is 11.7 Å². The zero-order valence-electron chi connectivity index (χ0n) is 17.2. The molecule has 1 aromatic heterocycles. The molecule has 0 bridgehead atoms. The Morgan fingerprint density at radius 3 is 2.68 bits per heavy atom. The van der Waals surface area contributed by atoms with E-state index in [9.17, 15) is 9.50 Å². The molecule has 0 aliphatic heterocycles. The van der Waals surface area contributed by atoms with Gasteiger partial charge in [-0.2, -0.15) is 0 Å². The molecule has 1 heterocycles. The van der Waals surface area contributed by atoms with Gasteiger partial charge < -0.3 is 9.67 Å². The Labute approximate surface area is 169 Å². The van der Waals surface area contributed by atoms with Crippen LogP contribution in [0.1, 0.15) is 63.1 Å². The molecule has 1 saturated carbocycles. The smallest absolute Gasteiger partial charge is 0.128 e. The maximum Gasteiger partial charge on any atom is 0.128 e. The minimum absolute atomic E-state index is 0.153. The SMILES string of the molecule is CCCC(O)CN(Cc1cccn1Cc1ccccc1F)CC1CCCCC1. The van der Waals surface area contributed by atoms with E-state index < -0.39 is 0 Å². The van der Waals surface area contributed by atoms with Gasteiger partial charge in [-0.3, -0.25) is 4.90 Å². The third kappa shape index (κ3) is 6.18. The van der Waals surface area contributed by atoms with Gasteiger partial charge in [0, 0.05) is 37.1 Å². The van der Waals surface area contributed by atoms with Gasteiger partial charge in [-0.05, 0) is 43.4 Å². The summed E-state index contributed by atoms with van der Waals surface area (Å²) < 4.78 is 16.2. The Hall–Kier alpha value is -1.65. The Morgan fingerprint density at radius 2 is 1.93 bits per heavy atom. The van der Waals surface area contributed by atoms with Crippen LogP contribution in [-0.2, 0) is 13.1 Å². The molecule has 3 nitrogen and oxygen atoms in total. The maximum absolute atomic E-state index is 14.1. The number of nitrogens with zero attached hydrogens (tertiary/aromatic N) is 2. The molecule has 0 saturated heterocycles. The molecule has 0 amide bonds. The van der Waals surface area contributed by atoms with Gasteiger partial charge >= 0.3 is 0 Å². The second kappa shape index (κ2) is 10.8. The minimum Gasteiger partial charge on any atom is -0.392 e. The topological polar surface area (TPSA) is 28.4 Å². The van der Waals surface area contributed by atoms with E-state index in [-0.39, 0.29) is 11.9 Å². The Balaban J connectivity index is 1.69. The standard InChI is InChI=1S/C24H35FN2O/c1-2-9-23(28)19-26(16-20-10-4-3-5-11-20)18-22-13-8-15-27(22)17-21-12-6-7-14-24(21)25/h6-8,12-15,20,23,28H,2-5,9-11,16-19H2,1H3. The summed E-state index contributed by atoms with van der Waals surface area (Å²) in [5.41, 5.74) is 1.90. The summed E-state index contributed by atoms with van der Waals surface area (Å²) in [5.74, 6) is 0.581. The van der Waals surface area contributed by atoms with Crippen molar-refractivity contribution in [1.29, 1.82) is 0 Å². The molecule has 0 spiro atoms. The average molecular weight is 387 g/mol. The average Bonchev–Trinajstić information content (AvgIpc) is 3.11. The Bertz CT molecular complexity index is 708. The van der Waals surface area contributed by atoms with Gasteiger partial charge in [-0.1, -0.05) is 50.8 Å². The van der Waals surface area contributed by atoms with E-state index >= 15 is 0 Å². The molecule has 2 aromatic rings. The van der Waals surface area contributed by atoms with Crippen LogP contribution in [0.5, 0.6) is 0 Å². The van der Waals surface area contributed by atoms with Crippen molar-refractivity contribution < 1.29 is 9.50 Å². The number of rotatable bonds is 10. The van der Waals surface area contributed by atoms with Crippen LogP contribution >= 0.6 is 0 Å². The third-order valence-corrected chi connectivity index (χ3v) is 5.94. The molecular weight excluding hydrogens is 351 g/mol. The van der Waals surface area contributed by atoms with Crippen molar-refractivity contribution >= 4 is 0 Å². The Morgan fingerprint density at radius 1 is 1.14 bits per heavy atom. The molecule has 1 aliphatic carbocycles. The predicted octanol–water partition coefficient (Wildman–Crippen LogP) is 5.22. The van der Waals surface area contributed by atoms with E-state index in [1.165, 1.54) is 43.9 Å². The van der Waals surface area contributed by atoms with Crippen molar-refractivity contribution in [3.8, 4) is 0 Å². The highest BCUT2D eigenvalue weighted by Crippen LogP contribution is 2.25. The molecule has 1 fully saturated rings. The fourth-order valence-corrected chi connectivity index (χ4v) is 4.45. The summed E-state index contributed by atoms with van der Waals surface area (Å²) in [6.07, 6.45) is 10.2. The lowest BCUT2D eigenvalue weighted by atomic mass is 9.89. The Kier molecular flexibility index (Phi) is 8.11. The van der Waals surface area contributed by atoms with E-state index in [2.05, 4.69) is 22.5 Å². The first-order valence-corrected chi connectivity index (χ1v) is 10.9. The quantitative estimate of drug-likeness (QED) is 0.606. The molecule has 3 rings (SSSR count). The highest BCUT2D eigenvalue weighted by Gasteiger charge is 2.20. The van der Waals surface area contributed by atoms with Crippen LogP contribution in [0.3, 0.4) is 0 Å². The van der Waals surface area contributed by atoms with Crippen molar-refractivity contribution in [2.75, 3.05) is 13.1 Å². The second-order valence-corrected chi connectivity index (χ2v) is 8.36. The summed E-state index contributed by atoms with van der Waals surface area (Å²) in [7, 11) is 0. The van der Waals surface area contributed by atoms with Crippen molar-refractivity contribution in [2.24, 2.45) is 5.92 Å². The third-order valence-electron chi connectivity index (χ3n) is 5.94. The molecular formula is C24H35FN2O. The van der Waals surface area contributed by atoms with E-state index in [0.29, 0.717) is 12.1 Å². The van der Waals surface area contributed by atoms with Crippen molar-refractivity contribution in [3.05, 3.63) is 59.7 Å². The summed E-state index contributed by atoms with van der Waals surface area (Å²) in [6, 6.07) is 11.2. The molecule has 1 atom stereocenters. The fraction of sp³-hybridized carbons (Fsp3) is 0.583. The number of hydrogen-bond donors (Lipinski definition) is 1. The van der Waals surface area contributed by atoms with Crippen LogP contribution in [0.4, 0.5) is 4.39 Å². The first-order chi connectivity index (χ1) is 13.7. The van der Waals surface area contributed by atoms with Gasteiger partial charge in [0.15, 0.2) is 0 Å². The zero-order valence-corrected chi connectivity index (χ0v) is 17.2. The van der Waals surface area contributed by atoms with Gasteiger partial charge in [0.1, 0.15) is 5.82 Å². The van der Waals surface area contributed by atoms with E-state index in [0.717, 1.165) is 38.4 Å². The van der Waals surface area contributed by atoms with Crippen molar-refractivity contribution in [1.82, 2.24) is 9.47 Å². The number of hydrogen-bond acceptors (Lipinski definition) is 2. The van der Waals surface area contributed by atoms with Gasteiger partial charge in [-0.25, -0.2) is 4.39 Å². The summed E-state index contributed by atoms with van der Waals surface area (Å²) in [6.45, 7) is 5.23. The zero-order chi connectivity index (χ0) is 19.8. The second-order valence-electron chi connectivity index (χ2n) is 8.36. The molecule has 1 unspecified atom stereocenters. The minimum atomic E-state index is -0.274. The van der Waals surface area contributed by atoms with E-state index in [1.54, 1.807) is 6.07 Å². The maximum atomic E-state index is 14.1. The van der Waals surface area contributed by atoms with Crippen molar-refractivity contribution in [3.63, 3.8) is 0 Å². The van der Waals surface area contributed by atoms with Gasteiger partial charge in [-0.15, -0.1) is 0 Å². The molecule has 1 N–H and O–H groups in total. The van der Waals surface area contributed by atoms with Crippen molar-refractivity contribution in [2.45, 2.75) is 71.1 Å². The lowest BCUT2D eigenvalue weighted by Crippen LogP contribution is -2.36. The number of aliphatic hydroxyl groups excluding tert-OH is 1. The molecule has 1 aromatic carbocycles. The van der Waals surface area contributed by atoms with Crippen LogP contribution < -0.4 is 0 Å². The number of aromatic nitrogens is 1. The summed E-state index contributed by atoms with van der Waals surface area (Å²) in [5, 5.41) is 10.4. The fourth-order valence-electron chi connectivity index (χ4n) is 4.45. The number of halogens is 1. The largest absolute Gasteiger partial charge is 0.392 e. The van der Waals surface area contributed by atoms with Gasteiger partial charge in [0.25, 0.3) is 0 Å². The van der Waals surface area contributed by atoms with Gasteiger partial charge in [0.05, 0.1) is 12.6 Å². The highest BCUT2D eigenvalue weighted by molar-refractivity contribution is 5.19. The number of benzene rings is 1. The summed E-state index contributed by atoms with van der Waals surface area (Å²) >= 11 is 0. The summed E-state index contributed by atoms with van der Waals surface area (Å²) in [4.78, 5) is 2.42. The van der Waals surface area contributed by atoms with Crippen LogP contribution in [0.15, 0.2) is 42.6 Å².